The quantitative estimate of drug-likeness (QED) is 0.344. The summed E-state index contributed by atoms with van der Waals surface area (Å²) in [5.41, 5.74) is 1.23. The van der Waals surface area contributed by atoms with E-state index in [4.69, 9.17) is 4.74 Å². The minimum atomic E-state index is 0.469. The molecule has 24 heavy (non-hydrogen) atoms. The zero-order valence-electron chi connectivity index (χ0n) is 14.8. The van der Waals surface area contributed by atoms with Crippen LogP contribution in [0.3, 0.4) is 0 Å². The van der Waals surface area contributed by atoms with Gasteiger partial charge in [0.1, 0.15) is 12.4 Å². The summed E-state index contributed by atoms with van der Waals surface area (Å²) >= 11 is 0. The Labute approximate surface area is 145 Å². The SMILES string of the molecule is C=C(C)CN1CCC(NC(=NC)NCCOc2cccnc2)CC1. The number of nitrogens with one attached hydrogen (secondary N) is 2. The summed E-state index contributed by atoms with van der Waals surface area (Å²) < 4.78 is 5.62. The van der Waals surface area contributed by atoms with E-state index in [1.54, 1.807) is 19.4 Å². The number of rotatable bonds is 7. The first-order chi connectivity index (χ1) is 11.7. The molecule has 1 aliphatic heterocycles. The molecule has 1 aromatic rings. The molecule has 0 bridgehead atoms. The predicted octanol–water partition coefficient (Wildman–Crippen LogP) is 1.67. The molecular formula is C18H29N5O. The molecular weight excluding hydrogens is 302 g/mol. The van der Waals surface area contributed by atoms with Gasteiger partial charge in [-0.3, -0.25) is 14.9 Å². The molecule has 132 valence electrons. The maximum Gasteiger partial charge on any atom is 0.191 e. The van der Waals surface area contributed by atoms with E-state index in [9.17, 15) is 0 Å². The van der Waals surface area contributed by atoms with E-state index in [1.807, 2.05) is 12.1 Å². The van der Waals surface area contributed by atoms with Crippen molar-refractivity contribution in [2.24, 2.45) is 4.99 Å². The standard InChI is InChI=1S/C18H29N5O/c1-15(2)14-23-10-6-16(7-11-23)22-18(19-3)21-9-12-24-17-5-4-8-20-13-17/h4-5,8,13,16H,1,6-7,9-12,14H2,2-3H3,(H2,19,21,22). The fraction of sp³-hybridized carbons (Fsp3) is 0.556. The fourth-order valence-electron chi connectivity index (χ4n) is 2.78. The Morgan fingerprint density at radius 3 is 2.88 bits per heavy atom. The number of hydrogen-bond acceptors (Lipinski definition) is 4. The largest absolute Gasteiger partial charge is 0.490 e. The highest BCUT2D eigenvalue weighted by Gasteiger charge is 2.19. The number of aliphatic imine (C=N–C) groups is 1. The van der Waals surface area contributed by atoms with Gasteiger partial charge in [0, 0.05) is 38.9 Å². The van der Waals surface area contributed by atoms with Crippen LogP contribution in [0.4, 0.5) is 0 Å². The lowest BCUT2D eigenvalue weighted by Crippen LogP contribution is -2.49. The molecule has 0 spiro atoms. The van der Waals surface area contributed by atoms with Crippen LogP contribution in [0.25, 0.3) is 0 Å². The minimum absolute atomic E-state index is 0.469. The molecule has 1 aliphatic rings. The third kappa shape index (κ3) is 6.58. The van der Waals surface area contributed by atoms with Crippen molar-refractivity contribution in [1.29, 1.82) is 0 Å². The first-order valence-corrected chi connectivity index (χ1v) is 8.54. The van der Waals surface area contributed by atoms with Crippen LogP contribution in [0.2, 0.25) is 0 Å². The van der Waals surface area contributed by atoms with Crippen molar-refractivity contribution in [3.05, 3.63) is 36.7 Å². The maximum absolute atomic E-state index is 5.62. The van der Waals surface area contributed by atoms with Gasteiger partial charge in [0.25, 0.3) is 0 Å². The van der Waals surface area contributed by atoms with Crippen LogP contribution in [0, 0.1) is 0 Å². The van der Waals surface area contributed by atoms with Gasteiger partial charge in [-0.1, -0.05) is 12.2 Å². The Morgan fingerprint density at radius 2 is 2.25 bits per heavy atom. The van der Waals surface area contributed by atoms with Gasteiger partial charge in [0.15, 0.2) is 5.96 Å². The molecule has 0 saturated carbocycles. The van der Waals surface area contributed by atoms with Crippen LogP contribution < -0.4 is 15.4 Å². The van der Waals surface area contributed by atoms with E-state index in [0.717, 1.165) is 44.2 Å². The summed E-state index contributed by atoms with van der Waals surface area (Å²) in [5.74, 6) is 1.62. The summed E-state index contributed by atoms with van der Waals surface area (Å²) in [5, 5.41) is 6.80. The summed E-state index contributed by atoms with van der Waals surface area (Å²) in [7, 11) is 1.80. The molecule has 0 amide bonds. The normalized spacial score (nSPS) is 16.7. The van der Waals surface area contributed by atoms with Gasteiger partial charge in [-0.25, -0.2) is 0 Å². The summed E-state index contributed by atoms with van der Waals surface area (Å²) in [6, 6.07) is 4.24. The summed E-state index contributed by atoms with van der Waals surface area (Å²) in [6.07, 6.45) is 5.70. The van der Waals surface area contributed by atoms with E-state index in [1.165, 1.54) is 5.57 Å². The third-order valence-corrected chi connectivity index (χ3v) is 3.94. The minimum Gasteiger partial charge on any atom is -0.490 e. The van der Waals surface area contributed by atoms with Crippen LogP contribution in [0.1, 0.15) is 19.8 Å². The first kappa shape index (κ1) is 18.3. The highest BCUT2D eigenvalue weighted by Crippen LogP contribution is 2.11. The second kappa shape index (κ2) is 9.93. The zero-order chi connectivity index (χ0) is 17.2. The lowest BCUT2D eigenvalue weighted by molar-refractivity contribution is 0.221. The summed E-state index contributed by atoms with van der Waals surface area (Å²) in [6.45, 7) is 10.6. The number of piperidine rings is 1. The van der Waals surface area contributed by atoms with E-state index in [0.29, 0.717) is 19.2 Å². The lowest BCUT2D eigenvalue weighted by atomic mass is 10.0. The molecule has 0 aromatic carbocycles. The first-order valence-electron chi connectivity index (χ1n) is 8.54. The predicted molar refractivity (Wildman–Crippen MR) is 98.5 cm³/mol. The van der Waals surface area contributed by atoms with Gasteiger partial charge in [-0.05, 0) is 31.9 Å². The monoisotopic (exact) mass is 331 g/mol. The molecule has 1 fully saturated rings. The van der Waals surface area contributed by atoms with E-state index in [-0.39, 0.29) is 0 Å². The van der Waals surface area contributed by atoms with Gasteiger partial charge in [0.05, 0.1) is 12.7 Å². The zero-order valence-corrected chi connectivity index (χ0v) is 14.8. The van der Waals surface area contributed by atoms with Crippen LogP contribution in [-0.4, -0.2) is 61.7 Å². The number of aromatic nitrogens is 1. The lowest BCUT2D eigenvalue weighted by Gasteiger charge is -2.33. The molecule has 6 nitrogen and oxygen atoms in total. The van der Waals surface area contributed by atoms with Crippen LogP contribution in [-0.2, 0) is 0 Å². The maximum atomic E-state index is 5.62. The van der Waals surface area contributed by atoms with E-state index >= 15 is 0 Å². The van der Waals surface area contributed by atoms with Crippen molar-refractivity contribution in [3.63, 3.8) is 0 Å². The highest BCUT2D eigenvalue weighted by atomic mass is 16.5. The molecule has 0 aliphatic carbocycles. The molecule has 0 radical (unpaired) electrons. The Bertz CT molecular complexity index is 523. The molecule has 0 unspecified atom stereocenters. The van der Waals surface area contributed by atoms with Crippen LogP contribution in [0.15, 0.2) is 41.7 Å². The highest BCUT2D eigenvalue weighted by molar-refractivity contribution is 5.79. The Hall–Kier alpha value is -2.08. The van der Waals surface area contributed by atoms with Crippen molar-refractivity contribution in [2.45, 2.75) is 25.8 Å². The van der Waals surface area contributed by atoms with Gasteiger partial charge >= 0.3 is 0 Å². The van der Waals surface area contributed by atoms with Crippen LogP contribution >= 0.6 is 0 Å². The molecule has 0 atom stereocenters. The van der Waals surface area contributed by atoms with E-state index in [2.05, 4.69) is 39.0 Å². The molecule has 1 aromatic heterocycles. The number of likely N-dealkylation sites (tertiary alicyclic amines) is 1. The van der Waals surface area contributed by atoms with Gasteiger partial charge < -0.3 is 15.4 Å². The average molecular weight is 331 g/mol. The summed E-state index contributed by atoms with van der Waals surface area (Å²) in [4.78, 5) is 10.8. The van der Waals surface area contributed by atoms with Crippen LogP contribution in [0.5, 0.6) is 5.75 Å². The Kier molecular flexibility index (Phi) is 7.55. The van der Waals surface area contributed by atoms with Crippen molar-refractivity contribution in [1.82, 2.24) is 20.5 Å². The van der Waals surface area contributed by atoms with Crippen molar-refractivity contribution in [3.8, 4) is 5.75 Å². The number of pyridine rings is 1. The fourth-order valence-corrected chi connectivity index (χ4v) is 2.78. The third-order valence-electron chi connectivity index (χ3n) is 3.94. The molecule has 2 rings (SSSR count). The Balaban J connectivity index is 1.63. The second-order valence-electron chi connectivity index (χ2n) is 6.19. The van der Waals surface area contributed by atoms with Crippen molar-refractivity contribution in [2.75, 3.05) is 39.8 Å². The topological polar surface area (TPSA) is 61.8 Å². The Morgan fingerprint density at radius 1 is 1.46 bits per heavy atom. The molecule has 6 heteroatoms. The number of guanidine groups is 1. The molecule has 1 saturated heterocycles. The van der Waals surface area contributed by atoms with Crippen molar-refractivity contribution >= 4 is 5.96 Å². The van der Waals surface area contributed by atoms with Crippen molar-refractivity contribution < 1.29 is 4.74 Å². The smallest absolute Gasteiger partial charge is 0.191 e. The number of ether oxygens (including phenoxy) is 1. The van der Waals surface area contributed by atoms with E-state index < -0.39 is 0 Å². The second-order valence-corrected chi connectivity index (χ2v) is 6.19. The van der Waals surface area contributed by atoms with Gasteiger partial charge in [-0.2, -0.15) is 0 Å². The number of hydrogen-bond donors (Lipinski definition) is 2. The van der Waals surface area contributed by atoms with Gasteiger partial charge in [-0.15, -0.1) is 0 Å². The average Bonchev–Trinajstić information content (AvgIpc) is 2.59. The molecule has 2 heterocycles. The van der Waals surface area contributed by atoms with Gasteiger partial charge in [0.2, 0.25) is 0 Å². The number of nitrogens with zero attached hydrogens (tertiary/aromatic N) is 3. The molecule has 2 N–H and O–H groups in total.